The lowest BCUT2D eigenvalue weighted by Gasteiger charge is -2.46. The van der Waals surface area contributed by atoms with Crippen molar-refractivity contribution in [1.82, 2.24) is 21.3 Å². The molecule has 0 bridgehead atoms. The van der Waals surface area contributed by atoms with Crippen LogP contribution in [0.3, 0.4) is 0 Å². The zero-order chi connectivity index (χ0) is 91.6. The Morgan fingerprint density at radius 1 is 0.218 bits per heavy atom. The second-order valence-corrected chi connectivity index (χ2v) is 76.2. The highest BCUT2D eigenvalue weighted by molar-refractivity contribution is 6.93. The van der Waals surface area contributed by atoms with Crippen LogP contribution in [0.5, 0.6) is 0 Å². The highest BCUT2D eigenvalue weighted by Gasteiger charge is 2.58. The van der Waals surface area contributed by atoms with Crippen molar-refractivity contribution in [3.8, 4) is 0 Å². The van der Waals surface area contributed by atoms with Gasteiger partial charge in [0.15, 0.2) is 0 Å². The average Bonchev–Trinajstić information content (AvgIpc) is 0.790. The van der Waals surface area contributed by atoms with E-state index >= 15 is 0 Å². The first-order valence-electron chi connectivity index (χ1n) is 41.0. The molecule has 0 rings (SSSR count). The van der Waals surface area contributed by atoms with Gasteiger partial charge in [0.05, 0.1) is 78.5 Å². The van der Waals surface area contributed by atoms with Crippen LogP contribution in [0.4, 0.5) is 0 Å². The zero-order valence-corrected chi connectivity index (χ0v) is 90.7. The third-order valence-electron chi connectivity index (χ3n) is 16.4. The molecule has 0 saturated carbocycles. The van der Waals surface area contributed by atoms with E-state index in [2.05, 4.69) is 21.3 Å². The summed E-state index contributed by atoms with van der Waals surface area (Å²) in [5, 5.41) is 12.6. The van der Waals surface area contributed by atoms with Gasteiger partial charge in [-0.25, -0.2) is 0 Å². The Morgan fingerprint density at radius 2 is 0.361 bits per heavy atom. The van der Waals surface area contributed by atoms with Crippen LogP contribution in [0.1, 0.15) is 107 Å². The first-order valence-corrected chi connectivity index (χ1v) is 74.1. The van der Waals surface area contributed by atoms with Gasteiger partial charge in [-0.15, -0.1) is 0 Å². The van der Waals surface area contributed by atoms with Crippen LogP contribution in [0.2, 0.25) is 142 Å². The summed E-state index contributed by atoms with van der Waals surface area (Å²) in [4.78, 5) is 103. The fraction of sp³-hybridized carbons (Fsp3) is 0.882. The molecule has 119 heavy (non-hydrogen) atoms. The van der Waals surface area contributed by atoms with E-state index in [0.717, 1.165) is 0 Å². The standard InChI is InChI=1S/C68H152N4O34Si13/c1-33-87-61(73)53-57(65(77)91-37-5)69-45-41-49-116(81-9,82-10)101-110(21,22)95-107(15,16)97-112(25,26)103-118(85-13,51-43-47-71-59(67(79)93-39-7)55-63(75)89-35-3)105-114(29,30)99-109(19,20)100-115(31,32)106-119(86-14,52-44-48-72-60(68(80)94-40-8)56-64(76)90-36-4)104-113(27,28)98-108(17,18)96-111(23,24)102-117(83-11,84-12)50-42-46-70-58(66(78)92-38-6)54-62(74)88-34-2/h57-60,69-72H,33-56H2,1-32H3. The Bertz CT molecular complexity index is 2820. The Hall–Kier alpha value is -2.30. The molecule has 0 aromatic carbocycles. The SMILES string of the molecule is CCOC(=O)CC(NCCC[Si](OC)(OC)O[Si](C)(C)O[Si](C)(C)O[Si](C)(C)O[Si](CCCNC(CC(=O)OCC)C(=O)OCC)(OC)O[Si](C)(C)O[Si](C)(C)O[Si](C)(C)O[Si](CCCNC(CC(=O)OCC)C(=O)OCC)(OC)O[Si](C)(C)O[Si](C)(C)O[Si](C)(C)O[Si](CCCNC(CC(=O)OCC)C(=O)OCC)(OC)OC)C(=O)OCC. The quantitative estimate of drug-likeness (QED) is 0.0191. The number of rotatable bonds is 70. The molecule has 0 radical (unpaired) electrons. The number of nitrogens with one attached hydrogen (secondary N) is 4. The van der Waals surface area contributed by atoms with Crippen molar-refractivity contribution in [2.24, 2.45) is 0 Å². The van der Waals surface area contributed by atoms with Crippen molar-refractivity contribution in [3.63, 3.8) is 0 Å². The van der Waals surface area contributed by atoms with Crippen molar-refractivity contribution in [3.05, 3.63) is 0 Å². The van der Waals surface area contributed by atoms with Crippen molar-refractivity contribution < 1.29 is 152 Å². The number of hydrogen-bond donors (Lipinski definition) is 4. The van der Waals surface area contributed by atoms with Crippen LogP contribution in [0.15, 0.2) is 0 Å². The largest absolute Gasteiger partial charge is 0.491 e. The van der Waals surface area contributed by atoms with Crippen LogP contribution in [0.25, 0.3) is 0 Å². The maximum absolute atomic E-state index is 13.3. The molecular weight excluding hydrogens is 1780 g/mol. The molecule has 6 atom stereocenters. The molecule has 0 aromatic heterocycles. The molecule has 4 N–H and O–H groups in total. The van der Waals surface area contributed by atoms with Crippen LogP contribution in [0, 0.1) is 0 Å². The molecule has 0 amide bonds. The molecule has 38 nitrogen and oxygen atoms in total. The smallest absolute Gasteiger partial charge is 0.466 e. The summed E-state index contributed by atoms with van der Waals surface area (Å²) in [5.74, 6) is -4.66. The monoisotopic (exact) mass is 1930 g/mol. The third kappa shape index (κ3) is 48.5. The maximum Gasteiger partial charge on any atom is 0.491 e. The molecule has 0 aliphatic carbocycles. The van der Waals surface area contributed by atoms with Crippen molar-refractivity contribution in [2.45, 2.75) is 273 Å². The van der Waals surface area contributed by atoms with Gasteiger partial charge < -0.3 is 135 Å². The fourth-order valence-electron chi connectivity index (χ4n) is 13.2. The van der Waals surface area contributed by atoms with Gasteiger partial charge in [-0.2, -0.15) is 0 Å². The molecule has 51 heteroatoms. The summed E-state index contributed by atoms with van der Waals surface area (Å²) in [6.07, 6.45) is 0.439. The van der Waals surface area contributed by atoms with Gasteiger partial charge in [0.1, 0.15) is 24.2 Å². The van der Waals surface area contributed by atoms with Gasteiger partial charge in [0, 0.05) is 66.8 Å². The minimum Gasteiger partial charge on any atom is -0.466 e. The molecule has 0 aliphatic heterocycles. The van der Waals surface area contributed by atoms with E-state index in [-0.39, 0.29) is 117 Å². The van der Waals surface area contributed by atoms with Crippen molar-refractivity contribution in [1.29, 1.82) is 0 Å². The zero-order valence-electron chi connectivity index (χ0n) is 77.7. The molecule has 0 aliphatic rings. The van der Waals surface area contributed by atoms with Gasteiger partial charge in [0.25, 0.3) is 0 Å². The van der Waals surface area contributed by atoms with E-state index in [4.69, 9.17) is 114 Å². The van der Waals surface area contributed by atoms with E-state index < -0.39 is 184 Å². The third-order valence-corrected chi connectivity index (χ3v) is 66.9. The van der Waals surface area contributed by atoms with E-state index in [0.29, 0.717) is 37.8 Å². The average molecular weight is 1940 g/mol. The predicted octanol–water partition coefficient (Wildman–Crippen LogP) is 8.59. The molecule has 0 aromatic rings. The topological polar surface area (TPSA) is 425 Å². The van der Waals surface area contributed by atoms with Crippen LogP contribution >= 0.6 is 0 Å². The molecule has 0 fully saturated rings. The summed E-state index contributed by atoms with van der Waals surface area (Å²) in [7, 11) is -36.7. The molecular formula is C68H152N4O34Si13. The number of hydrogen-bond acceptors (Lipinski definition) is 38. The molecule has 6 unspecified atom stereocenters. The van der Waals surface area contributed by atoms with Crippen molar-refractivity contribution in [2.75, 3.05) is 122 Å². The lowest BCUT2D eigenvalue weighted by molar-refractivity contribution is -0.152. The number of esters is 8. The predicted molar refractivity (Wildman–Crippen MR) is 472 cm³/mol. The van der Waals surface area contributed by atoms with Gasteiger partial charge in [-0.05, 0) is 225 Å². The van der Waals surface area contributed by atoms with Crippen LogP contribution < -0.4 is 21.3 Å². The Morgan fingerprint density at radius 3 is 0.513 bits per heavy atom. The Balaban J connectivity index is 7.72. The summed E-state index contributed by atoms with van der Waals surface area (Å²) < 4.78 is 164. The van der Waals surface area contributed by atoms with E-state index in [1.165, 1.54) is 42.7 Å². The normalized spacial score (nSPS) is 15.2. The molecule has 700 valence electrons. The molecule has 0 spiro atoms. The number of ether oxygens (including phenoxy) is 8. The first-order chi connectivity index (χ1) is 55.0. The van der Waals surface area contributed by atoms with Gasteiger partial charge in [0.2, 0.25) is 0 Å². The van der Waals surface area contributed by atoms with Crippen LogP contribution in [-0.2, 0) is 152 Å². The highest BCUT2D eigenvalue weighted by atomic mass is 28.5. The minimum atomic E-state index is -4.04. The Labute approximate surface area is 723 Å². The van der Waals surface area contributed by atoms with E-state index in [1.54, 1.807) is 55.4 Å². The molecule has 0 saturated heterocycles. The van der Waals surface area contributed by atoms with Gasteiger partial charge in [-0.1, -0.05) is 0 Å². The van der Waals surface area contributed by atoms with E-state index in [9.17, 15) is 38.4 Å². The number of carbonyl (C=O) groups excluding carboxylic acids is 8. The second-order valence-electron chi connectivity index (χ2n) is 31.3. The summed E-state index contributed by atoms with van der Waals surface area (Å²) in [5.41, 5.74) is 0. The second kappa shape index (κ2) is 55.4. The lowest BCUT2D eigenvalue weighted by atomic mass is 10.2. The fourth-order valence-corrected chi connectivity index (χ4v) is 74.7. The maximum atomic E-state index is 13.3. The highest BCUT2D eigenvalue weighted by Crippen LogP contribution is 2.36. The van der Waals surface area contributed by atoms with Gasteiger partial charge >= 0.3 is 160 Å². The van der Waals surface area contributed by atoms with E-state index in [1.807, 2.05) is 118 Å². The minimum absolute atomic E-state index is 0.0825. The summed E-state index contributed by atoms with van der Waals surface area (Å²) in [6, 6.07) is -3.02. The summed E-state index contributed by atoms with van der Waals surface area (Å²) >= 11 is 0. The first kappa shape index (κ1) is 117. The number of carbonyl (C=O) groups is 8. The lowest BCUT2D eigenvalue weighted by Crippen LogP contribution is -2.65. The van der Waals surface area contributed by atoms with Crippen LogP contribution in [-0.4, -0.2) is 306 Å². The van der Waals surface area contributed by atoms with Crippen molar-refractivity contribution >= 4 is 160 Å². The molecule has 0 heterocycles. The summed E-state index contributed by atoms with van der Waals surface area (Å²) in [6.45, 7) is 49.0. The Kier molecular flexibility index (Phi) is 54.4. The van der Waals surface area contributed by atoms with Gasteiger partial charge in [-0.3, -0.25) is 38.4 Å².